The Kier molecular flexibility index (Phi) is 3.97. The summed E-state index contributed by atoms with van der Waals surface area (Å²) in [5, 5.41) is 2.14. The predicted molar refractivity (Wildman–Crippen MR) is 148 cm³/mol. The number of benzene rings is 5. The number of carbonyl (C=O) groups excluding carboxylic acids is 1. The predicted octanol–water partition coefficient (Wildman–Crippen LogP) is 7.20. The molecular formula is C33H22N2O2. The van der Waals surface area contributed by atoms with Gasteiger partial charge in [0.05, 0.1) is 6.21 Å². The van der Waals surface area contributed by atoms with Gasteiger partial charge in [-0.3, -0.25) is 9.79 Å². The molecule has 5 aromatic carbocycles. The average molecular weight is 479 g/mol. The summed E-state index contributed by atoms with van der Waals surface area (Å²) in [5.41, 5.74) is 8.40. The summed E-state index contributed by atoms with van der Waals surface area (Å²) in [6.45, 7) is 0. The van der Waals surface area contributed by atoms with Crippen LogP contribution in [-0.4, -0.2) is 24.8 Å². The first-order valence-electron chi connectivity index (χ1n) is 12.5. The smallest absolute Gasteiger partial charge is 0.223 e. The second-order valence-electron chi connectivity index (χ2n) is 10.1. The Morgan fingerprint density at radius 2 is 1.54 bits per heavy atom. The molecular weight excluding hydrogens is 456 g/mol. The van der Waals surface area contributed by atoms with Gasteiger partial charge in [-0.2, -0.15) is 0 Å². The number of hydrogen-bond donors (Lipinski definition) is 0. The lowest BCUT2D eigenvalue weighted by Crippen LogP contribution is -2.52. The zero-order valence-corrected chi connectivity index (χ0v) is 20.2. The summed E-state index contributed by atoms with van der Waals surface area (Å²) >= 11 is 0. The number of nitrogens with zero attached hydrogens (tertiary/aromatic N) is 2. The highest BCUT2D eigenvalue weighted by atomic mass is 16.5. The van der Waals surface area contributed by atoms with Crippen molar-refractivity contribution in [2.24, 2.45) is 4.99 Å². The largest absolute Gasteiger partial charge is 0.460 e. The van der Waals surface area contributed by atoms with Gasteiger partial charge in [0, 0.05) is 35.7 Å². The Bertz CT molecular complexity index is 1840. The molecule has 2 aliphatic heterocycles. The van der Waals surface area contributed by atoms with Crippen LogP contribution in [0.4, 0.5) is 11.4 Å². The molecule has 0 radical (unpaired) electrons. The van der Waals surface area contributed by atoms with Gasteiger partial charge in [0.15, 0.2) is 5.78 Å². The van der Waals surface area contributed by atoms with Crippen molar-refractivity contribution in [3.8, 4) is 28.0 Å². The van der Waals surface area contributed by atoms with E-state index < -0.39 is 5.72 Å². The fraction of sp³-hybridized carbons (Fsp3) is 0.0909. The number of hydrogen-bond acceptors (Lipinski definition) is 4. The van der Waals surface area contributed by atoms with E-state index in [1.165, 1.54) is 11.3 Å². The lowest BCUT2D eigenvalue weighted by atomic mass is 9.96. The molecule has 1 spiro atoms. The van der Waals surface area contributed by atoms with Gasteiger partial charge in [-0.15, -0.1) is 0 Å². The van der Waals surface area contributed by atoms with Gasteiger partial charge >= 0.3 is 0 Å². The normalized spacial score (nSPS) is 18.5. The minimum atomic E-state index is -0.598. The molecule has 3 aliphatic rings. The summed E-state index contributed by atoms with van der Waals surface area (Å²) in [4.78, 5) is 20.1. The van der Waals surface area contributed by atoms with Crippen molar-refractivity contribution in [1.29, 1.82) is 0 Å². The number of likely N-dealkylation sites (N-methyl/N-ethyl adjacent to an activating group) is 1. The molecule has 0 amide bonds. The highest BCUT2D eigenvalue weighted by Gasteiger charge is 2.45. The number of ketones is 1. The number of carbonyl (C=O) groups is 1. The van der Waals surface area contributed by atoms with Crippen molar-refractivity contribution in [3.05, 3.63) is 114 Å². The van der Waals surface area contributed by atoms with Crippen LogP contribution in [0.25, 0.3) is 33.0 Å². The molecule has 4 nitrogen and oxygen atoms in total. The van der Waals surface area contributed by atoms with E-state index in [0.717, 1.165) is 62.0 Å². The topological polar surface area (TPSA) is 41.9 Å². The molecule has 0 saturated carbocycles. The van der Waals surface area contributed by atoms with Crippen LogP contribution < -0.4 is 9.64 Å². The van der Waals surface area contributed by atoms with Gasteiger partial charge in [0.25, 0.3) is 0 Å². The Labute approximate surface area is 214 Å². The van der Waals surface area contributed by atoms with Crippen molar-refractivity contribution >= 4 is 34.1 Å². The van der Waals surface area contributed by atoms with Crippen LogP contribution in [0, 0.1) is 0 Å². The molecule has 1 unspecified atom stereocenters. The van der Waals surface area contributed by atoms with Crippen molar-refractivity contribution in [2.75, 3.05) is 11.9 Å². The van der Waals surface area contributed by atoms with Gasteiger partial charge in [-0.1, -0.05) is 72.8 Å². The lowest BCUT2D eigenvalue weighted by Gasteiger charge is -2.37. The van der Waals surface area contributed by atoms with E-state index in [9.17, 15) is 4.79 Å². The van der Waals surface area contributed by atoms with Crippen LogP contribution in [0.1, 0.15) is 21.5 Å². The highest BCUT2D eigenvalue weighted by molar-refractivity contribution is 6.22. The molecule has 0 saturated heterocycles. The Morgan fingerprint density at radius 3 is 2.43 bits per heavy atom. The molecule has 176 valence electrons. The van der Waals surface area contributed by atoms with Crippen LogP contribution in [0.15, 0.2) is 102 Å². The van der Waals surface area contributed by atoms with Crippen LogP contribution in [0.5, 0.6) is 5.75 Å². The second-order valence-corrected chi connectivity index (χ2v) is 10.1. The zero-order chi connectivity index (χ0) is 24.7. The van der Waals surface area contributed by atoms with E-state index in [0.29, 0.717) is 0 Å². The minimum absolute atomic E-state index is 0.0988. The van der Waals surface area contributed by atoms with E-state index in [1.807, 2.05) is 42.6 Å². The Morgan fingerprint density at radius 1 is 0.784 bits per heavy atom. The monoisotopic (exact) mass is 478 g/mol. The molecule has 1 aliphatic carbocycles. The fourth-order valence-corrected chi connectivity index (χ4v) is 6.10. The molecule has 8 rings (SSSR count). The third-order valence-corrected chi connectivity index (χ3v) is 8.06. The van der Waals surface area contributed by atoms with E-state index in [2.05, 4.69) is 72.6 Å². The Hall–Kier alpha value is -4.70. The second kappa shape index (κ2) is 7.17. The van der Waals surface area contributed by atoms with Gasteiger partial charge in [-0.05, 0) is 57.5 Å². The van der Waals surface area contributed by atoms with Crippen molar-refractivity contribution < 1.29 is 9.53 Å². The first kappa shape index (κ1) is 20.5. The van der Waals surface area contributed by atoms with Crippen LogP contribution in [0.2, 0.25) is 0 Å². The SMILES string of the molecule is CN1c2ccccc2CC12C=Nc1c(ccc3cc(-c4ccc5c(c4)C(=O)c4ccccc4-5)ccc13)O2. The molecule has 0 N–H and O–H groups in total. The maximum atomic E-state index is 13.0. The van der Waals surface area contributed by atoms with Crippen LogP contribution in [0.3, 0.4) is 0 Å². The molecule has 37 heavy (non-hydrogen) atoms. The minimum Gasteiger partial charge on any atom is -0.460 e. The number of fused-ring (bicyclic) bond motifs is 7. The lowest BCUT2D eigenvalue weighted by molar-refractivity contribution is 0.104. The molecule has 5 aromatic rings. The first-order chi connectivity index (χ1) is 18.1. The summed E-state index contributed by atoms with van der Waals surface area (Å²) in [7, 11) is 2.07. The molecule has 2 heterocycles. The maximum Gasteiger partial charge on any atom is 0.223 e. The van der Waals surface area contributed by atoms with Crippen molar-refractivity contribution in [3.63, 3.8) is 0 Å². The summed E-state index contributed by atoms with van der Waals surface area (Å²) in [6.07, 6.45) is 2.72. The van der Waals surface area contributed by atoms with Gasteiger partial charge in [0.2, 0.25) is 5.72 Å². The fourth-order valence-electron chi connectivity index (χ4n) is 6.10. The van der Waals surface area contributed by atoms with Crippen LogP contribution >= 0.6 is 0 Å². The average Bonchev–Trinajstić information content (AvgIpc) is 3.38. The zero-order valence-electron chi connectivity index (χ0n) is 20.2. The van der Waals surface area contributed by atoms with Crippen LogP contribution in [-0.2, 0) is 6.42 Å². The number of anilines is 1. The molecule has 0 fully saturated rings. The number of aliphatic imine (C=N–C) groups is 1. The van der Waals surface area contributed by atoms with Gasteiger partial charge in [-0.25, -0.2) is 0 Å². The molecule has 0 aromatic heterocycles. The van der Waals surface area contributed by atoms with E-state index in [-0.39, 0.29) is 5.78 Å². The summed E-state index contributed by atoms with van der Waals surface area (Å²) < 4.78 is 6.63. The Balaban J connectivity index is 1.17. The maximum absolute atomic E-state index is 13.0. The van der Waals surface area contributed by atoms with Gasteiger partial charge in [0.1, 0.15) is 11.4 Å². The summed E-state index contributed by atoms with van der Waals surface area (Å²) in [5.74, 6) is 0.894. The standard InChI is InChI=1S/C33H22N2O2/c1-35-29-9-5-2-6-23(29)18-33(35)19-34-31-24-13-10-20(16-22(24)12-15-30(31)37-33)21-11-14-26-25-7-3-4-8-27(25)32(36)28(26)17-21/h2-17,19H,18H2,1H3. The number of ether oxygens (including phenoxy) is 1. The van der Waals surface area contributed by atoms with E-state index in [4.69, 9.17) is 9.73 Å². The van der Waals surface area contributed by atoms with E-state index in [1.54, 1.807) is 0 Å². The molecule has 4 heteroatoms. The van der Waals surface area contributed by atoms with Crippen molar-refractivity contribution in [2.45, 2.75) is 12.1 Å². The first-order valence-corrected chi connectivity index (χ1v) is 12.5. The number of para-hydroxylation sites is 1. The van der Waals surface area contributed by atoms with Gasteiger partial charge < -0.3 is 9.64 Å². The molecule has 0 bridgehead atoms. The molecule has 1 atom stereocenters. The number of rotatable bonds is 1. The van der Waals surface area contributed by atoms with Crippen molar-refractivity contribution in [1.82, 2.24) is 0 Å². The van der Waals surface area contributed by atoms with E-state index >= 15 is 0 Å². The summed E-state index contributed by atoms with van der Waals surface area (Å²) in [6, 6.07) is 33.0. The highest BCUT2D eigenvalue weighted by Crippen LogP contribution is 2.46. The quantitative estimate of drug-likeness (QED) is 0.251. The third kappa shape index (κ3) is 2.78. The third-order valence-electron chi connectivity index (χ3n) is 8.06.